The van der Waals surface area contributed by atoms with Gasteiger partial charge >= 0.3 is 0 Å². The van der Waals surface area contributed by atoms with Crippen molar-refractivity contribution >= 4 is 5.91 Å². The number of hydrogen-bond donors (Lipinski definition) is 1. The van der Waals surface area contributed by atoms with Gasteiger partial charge < -0.3 is 19.5 Å². The Morgan fingerprint density at radius 3 is 2.52 bits per heavy atom. The van der Waals surface area contributed by atoms with E-state index >= 15 is 0 Å². The van der Waals surface area contributed by atoms with Crippen LogP contribution >= 0.6 is 0 Å². The highest BCUT2D eigenvalue weighted by Crippen LogP contribution is 2.28. The van der Waals surface area contributed by atoms with Gasteiger partial charge in [-0.3, -0.25) is 9.69 Å². The number of hydrogen-bond acceptors (Lipinski definition) is 5. The summed E-state index contributed by atoms with van der Waals surface area (Å²) in [7, 11) is 1.45. The molecule has 1 saturated heterocycles. The number of amides is 1. The summed E-state index contributed by atoms with van der Waals surface area (Å²) >= 11 is 0. The molecule has 0 unspecified atom stereocenters. The molecule has 1 aromatic carbocycles. The molecule has 1 saturated carbocycles. The lowest BCUT2D eigenvalue weighted by Gasteiger charge is -2.40. The fourth-order valence-electron chi connectivity index (χ4n) is 3.60. The molecule has 1 amide bonds. The average molecular weight is 384 g/mol. The maximum atomic E-state index is 13.4. The molecular formula is C19H26F2N2O4. The average Bonchev–Trinajstić information content (AvgIpc) is 2.71. The molecular weight excluding hydrogens is 358 g/mol. The Labute approximate surface area is 157 Å². The fraction of sp³-hybridized carbons (Fsp3) is 0.632. The molecule has 0 radical (unpaired) electrons. The molecule has 27 heavy (non-hydrogen) atoms. The molecule has 0 aromatic heterocycles. The molecule has 1 aromatic rings. The third-order valence-corrected chi connectivity index (χ3v) is 5.19. The van der Waals surface area contributed by atoms with Gasteiger partial charge in [-0.25, -0.2) is 8.78 Å². The van der Waals surface area contributed by atoms with Crippen molar-refractivity contribution in [2.24, 2.45) is 0 Å². The highest BCUT2D eigenvalue weighted by Gasteiger charge is 2.40. The van der Waals surface area contributed by atoms with E-state index in [0.717, 1.165) is 37.5 Å². The maximum Gasteiger partial charge on any atom is 0.248 e. The molecule has 1 N–H and O–H groups in total. The van der Waals surface area contributed by atoms with Gasteiger partial charge in [-0.15, -0.1) is 0 Å². The zero-order valence-electron chi connectivity index (χ0n) is 15.5. The van der Waals surface area contributed by atoms with Crippen molar-refractivity contribution in [2.45, 2.75) is 30.9 Å². The molecule has 0 bridgehead atoms. The minimum atomic E-state index is -1.35. The van der Waals surface area contributed by atoms with Crippen LogP contribution in [-0.2, 0) is 9.53 Å². The van der Waals surface area contributed by atoms with E-state index < -0.39 is 17.2 Å². The van der Waals surface area contributed by atoms with Crippen molar-refractivity contribution < 1.29 is 28.2 Å². The molecule has 3 rings (SSSR count). The van der Waals surface area contributed by atoms with Gasteiger partial charge in [-0.05, 0) is 12.8 Å². The molecule has 8 heteroatoms. The first kappa shape index (κ1) is 20.0. The number of ether oxygens (including phenoxy) is 2. The molecule has 1 atom stereocenters. The lowest BCUT2D eigenvalue weighted by molar-refractivity contribution is -0.138. The van der Waals surface area contributed by atoms with Crippen LogP contribution in [0.1, 0.15) is 19.3 Å². The van der Waals surface area contributed by atoms with Crippen molar-refractivity contribution in [1.82, 2.24) is 9.80 Å². The number of benzene rings is 1. The van der Waals surface area contributed by atoms with E-state index in [9.17, 15) is 18.7 Å². The van der Waals surface area contributed by atoms with Crippen LogP contribution in [0.2, 0.25) is 0 Å². The second-order valence-electron chi connectivity index (χ2n) is 7.42. The predicted molar refractivity (Wildman–Crippen MR) is 94.5 cm³/mol. The summed E-state index contributed by atoms with van der Waals surface area (Å²) in [6.07, 6.45) is 3.29. The van der Waals surface area contributed by atoms with E-state index in [1.54, 1.807) is 4.90 Å². The molecule has 1 aliphatic heterocycles. The molecule has 150 valence electrons. The van der Waals surface area contributed by atoms with E-state index in [1.165, 1.54) is 7.11 Å². The predicted octanol–water partition coefficient (Wildman–Crippen LogP) is 1.42. The van der Waals surface area contributed by atoms with E-state index in [4.69, 9.17) is 9.47 Å². The van der Waals surface area contributed by atoms with Gasteiger partial charge in [0, 0.05) is 51.0 Å². The van der Waals surface area contributed by atoms with Crippen LogP contribution in [0.5, 0.6) is 5.75 Å². The Bertz CT molecular complexity index is 651. The number of carbonyl (C=O) groups is 1. The van der Waals surface area contributed by atoms with Crippen LogP contribution in [-0.4, -0.2) is 79.0 Å². The van der Waals surface area contributed by atoms with Crippen LogP contribution in [0.25, 0.3) is 0 Å². The summed E-state index contributed by atoms with van der Waals surface area (Å²) in [6.45, 7) is 1.35. The number of β-amino-alcohol motifs (C(OH)–C–C–N with tert-alkyl or cyclic N) is 1. The van der Waals surface area contributed by atoms with Crippen molar-refractivity contribution in [1.29, 1.82) is 0 Å². The maximum absolute atomic E-state index is 13.4. The monoisotopic (exact) mass is 384 g/mol. The van der Waals surface area contributed by atoms with E-state index in [1.807, 2.05) is 0 Å². The van der Waals surface area contributed by atoms with Crippen LogP contribution in [0.15, 0.2) is 18.2 Å². The van der Waals surface area contributed by atoms with Crippen molar-refractivity contribution in [3.63, 3.8) is 0 Å². The summed E-state index contributed by atoms with van der Waals surface area (Å²) in [4.78, 5) is 16.0. The van der Waals surface area contributed by atoms with Gasteiger partial charge in [0.15, 0.2) is 0 Å². The largest absolute Gasteiger partial charge is 0.490 e. The number of halogens is 2. The first-order valence-electron chi connectivity index (χ1n) is 9.20. The fourth-order valence-corrected chi connectivity index (χ4v) is 3.60. The molecule has 1 heterocycles. The summed E-state index contributed by atoms with van der Waals surface area (Å²) in [5, 5.41) is 11.2. The smallest absolute Gasteiger partial charge is 0.248 e. The number of methoxy groups -OCH3 is 1. The minimum Gasteiger partial charge on any atom is -0.490 e. The Kier molecular flexibility index (Phi) is 6.29. The zero-order chi connectivity index (χ0) is 19.4. The number of aliphatic hydroxyl groups is 1. The lowest BCUT2D eigenvalue weighted by atomic mass is 9.90. The second kappa shape index (κ2) is 8.50. The van der Waals surface area contributed by atoms with Gasteiger partial charge in [-0.2, -0.15) is 0 Å². The third kappa shape index (κ3) is 5.15. The number of nitrogens with zero attached hydrogens (tertiary/aromatic N) is 2. The van der Waals surface area contributed by atoms with Crippen molar-refractivity contribution in [2.75, 3.05) is 46.5 Å². The van der Waals surface area contributed by atoms with Crippen LogP contribution < -0.4 is 4.74 Å². The Hall–Kier alpha value is -1.77. The molecule has 0 spiro atoms. The molecule has 1 aliphatic carbocycles. The third-order valence-electron chi connectivity index (χ3n) is 5.19. The Morgan fingerprint density at radius 1 is 1.22 bits per heavy atom. The van der Waals surface area contributed by atoms with Gasteiger partial charge in [0.2, 0.25) is 5.91 Å². The van der Waals surface area contributed by atoms with E-state index in [0.29, 0.717) is 25.7 Å². The van der Waals surface area contributed by atoms with Crippen molar-refractivity contribution in [3.8, 4) is 5.75 Å². The SMILES string of the molecule is COCC(=O)N1CCN(C2CCC2)C[C@@](O)(COc2cc(F)cc(F)c2)C1. The molecule has 2 aliphatic rings. The van der Waals surface area contributed by atoms with Crippen LogP contribution in [0.3, 0.4) is 0 Å². The summed E-state index contributed by atoms with van der Waals surface area (Å²) < 4.78 is 37.2. The first-order valence-corrected chi connectivity index (χ1v) is 9.20. The standard InChI is InChI=1S/C19H26F2N2O4/c1-26-10-18(24)23-6-5-22(16-3-2-4-16)11-19(25,12-23)13-27-17-8-14(20)7-15(21)9-17/h7-9,16,25H,2-6,10-13H2,1H3/t19-/m0/s1. The highest BCUT2D eigenvalue weighted by molar-refractivity contribution is 5.77. The quantitative estimate of drug-likeness (QED) is 0.804. The van der Waals surface area contributed by atoms with Crippen LogP contribution in [0.4, 0.5) is 8.78 Å². The zero-order valence-corrected chi connectivity index (χ0v) is 15.5. The van der Waals surface area contributed by atoms with Gasteiger partial charge in [0.05, 0.1) is 6.54 Å². The van der Waals surface area contributed by atoms with Gasteiger partial charge in [-0.1, -0.05) is 6.42 Å². The normalized spacial score (nSPS) is 24.4. The van der Waals surface area contributed by atoms with Gasteiger partial charge in [0.1, 0.15) is 36.2 Å². The number of carbonyl (C=O) groups excluding carboxylic acids is 1. The summed E-state index contributed by atoms with van der Waals surface area (Å²) in [5.74, 6) is -1.69. The Balaban J connectivity index is 1.73. The lowest BCUT2D eigenvalue weighted by Crippen LogP contribution is -2.54. The first-order chi connectivity index (χ1) is 12.9. The second-order valence-corrected chi connectivity index (χ2v) is 7.42. The Morgan fingerprint density at radius 2 is 1.93 bits per heavy atom. The van der Waals surface area contributed by atoms with Crippen LogP contribution in [0, 0.1) is 11.6 Å². The summed E-state index contributed by atoms with van der Waals surface area (Å²) in [6, 6.07) is 3.29. The van der Waals surface area contributed by atoms with Gasteiger partial charge in [0.25, 0.3) is 0 Å². The topological polar surface area (TPSA) is 62.2 Å². The number of rotatable bonds is 6. The summed E-state index contributed by atoms with van der Waals surface area (Å²) in [5.41, 5.74) is -1.35. The minimum absolute atomic E-state index is 0.00938. The molecule has 6 nitrogen and oxygen atoms in total. The highest BCUT2D eigenvalue weighted by atomic mass is 19.1. The molecule has 2 fully saturated rings. The van der Waals surface area contributed by atoms with E-state index in [2.05, 4.69) is 4.90 Å². The van der Waals surface area contributed by atoms with E-state index in [-0.39, 0.29) is 31.4 Å². The van der Waals surface area contributed by atoms with Crippen molar-refractivity contribution in [3.05, 3.63) is 29.8 Å².